The van der Waals surface area contributed by atoms with E-state index in [1.54, 1.807) is 0 Å². The van der Waals surface area contributed by atoms with E-state index in [1.165, 1.54) is 0 Å². The average Bonchev–Trinajstić information content (AvgIpc) is 0. The Morgan fingerprint density at radius 3 is 0.600 bits per heavy atom. The molecule has 0 heterocycles. The van der Waals surface area contributed by atoms with E-state index in [4.69, 9.17) is 0 Å². The van der Waals surface area contributed by atoms with E-state index in [2.05, 4.69) is 0 Å². The van der Waals surface area contributed by atoms with Crippen LogP contribution in [0.3, 0.4) is 0 Å². The van der Waals surface area contributed by atoms with Gasteiger partial charge in [-0.15, -0.1) is 0 Å². The molecule has 0 radical (unpaired) electrons. The minimum absolute atomic E-state index is 0. The Bertz CT molecular complexity index is 6.85. The van der Waals surface area contributed by atoms with Crippen LogP contribution < -0.4 is 58.2 Å². The van der Waals surface area contributed by atoms with Crippen molar-refractivity contribution in [3.05, 3.63) is 0 Å². The Kier molecular flexibility index (Phi) is 375. The van der Waals surface area contributed by atoms with E-state index < -0.39 is 0 Å². The van der Waals surface area contributed by atoms with Crippen LogP contribution in [0.25, 0.3) is 0 Å². The Morgan fingerprint density at radius 1 is 0.600 bits per heavy atom. The largest absolute Gasteiger partial charge is 5.00 e. The van der Waals surface area contributed by atoms with E-state index >= 15 is 0 Å². The summed E-state index contributed by atoms with van der Waals surface area (Å²) < 4.78 is 0. The SMILES string of the molecule is [O-2].[O-2].[O-2].[Rb+].[V+5]. The molecule has 0 saturated carbocycles. The molecule has 0 aromatic rings. The van der Waals surface area contributed by atoms with Crippen molar-refractivity contribution in [3.63, 3.8) is 0 Å². The normalized spacial score (nSPS) is 0. The monoisotopic (exact) mass is 184 g/mol. The van der Waals surface area contributed by atoms with Gasteiger partial charge in [-0.2, -0.15) is 0 Å². The first kappa shape index (κ1) is 55.5. The number of rotatable bonds is 0. The summed E-state index contributed by atoms with van der Waals surface area (Å²) in [6.07, 6.45) is 0. The number of hydrogen-bond acceptors (Lipinski definition) is 0. The molecule has 0 saturated heterocycles. The zero-order chi connectivity index (χ0) is 0. The van der Waals surface area contributed by atoms with Gasteiger partial charge in [0.2, 0.25) is 0 Å². The fourth-order valence-electron chi connectivity index (χ4n) is 0. The third-order valence-electron chi connectivity index (χ3n) is 0. The Balaban J connectivity index is 0. The first-order chi connectivity index (χ1) is 0. The molecule has 0 N–H and O–H groups in total. The molecule has 5 heavy (non-hydrogen) atoms. The second kappa shape index (κ2) is 33.8. The maximum Gasteiger partial charge on any atom is 5.00 e. The maximum absolute atomic E-state index is 0. The van der Waals surface area contributed by atoms with E-state index in [0.29, 0.717) is 0 Å². The summed E-state index contributed by atoms with van der Waals surface area (Å²) in [7, 11) is 0. The van der Waals surface area contributed by atoms with Gasteiger partial charge >= 0.3 is 76.7 Å². The summed E-state index contributed by atoms with van der Waals surface area (Å²) in [5.74, 6) is 0. The Morgan fingerprint density at radius 2 is 0.600 bits per heavy atom. The fourth-order valence-corrected chi connectivity index (χ4v) is 0. The summed E-state index contributed by atoms with van der Waals surface area (Å²) in [6, 6.07) is 0. The van der Waals surface area contributed by atoms with Gasteiger partial charge in [-0.3, -0.25) is 0 Å². The summed E-state index contributed by atoms with van der Waals surface area (Å²) in [5.41, 5.74) is 0. The van der Waals surface area contributed by atoms with Crippen LogP contribution in [-0.4, -0.2) is 0 Å². The molecule has 0 aliphatic rings. The molecule has 0 fully saturated rings. The molecule has 0 aromatic carbocycles. The topological polar surface area (TPSA) is 85.5 Å². The van der Waals surface area contributed by atoms with Crippen molar-refractivity contribution < 1.29 is 93.2 Å². The molecule has 5 heteroatoms. The van der Waals surface area contributed by atoms with Crippen LogP contribution in [0.2, 0.25) is 0 Å². The van der Waals surface area contributed by atoms with Crippen LogP contribution in [0.4, 0.5) is 0 Å². The average molecular weight is 184 g/mol. The Labute approximate surface area is 91.1 Å². The molecular formula is O3RbV. The summed E-state index contributed by atoms with van der Waals surface area (Å²) in [5, 5.41) is 0. The molecule has 0 spiro atoms. The third-order valence-corrected chi connectivity index (χ3v) is 0. The fraction of sp³-hybridized carbons (Fsp3) is 0. The van der Waals surface area contributed by atoms with Crippen molar-refractivity contribution in [2.75, 3.05) is 0 Å². The summed E-state index contributed by atoms with van der Waals surface area (Å²) >= 11 is 0. The van der Waals surface area contributed by atoms with Crippen LogP contribution in [0.15, 0.2) is 0 Å². The van der Waals surface area contributed by atoms with Crippen molar-refractivity contribution >= 4 is 0 Å². The van der Waals surface area contributed by atoms with Crippen molar-refractivity contribution in [1.29, 1.82) is 0 Å². The molecule has 0 aliphatic carbocycles. The molecule has 0 amide bonds. The van der Waals surface area contributed by atoms with Crippen LogP contribution in [0.5, 0.6) is 0 Å². The zero-order valence-corrected chi connectivity index (χ0v) is 8.98. The second-order valence-electron chi connectivity index (χ2n) is 0. The van der Waals surface area contributed by atoms with Crippen molar-refractivity contribution in [2.45, 2.75) is 0 Å². The molecule has 0 bridgehead atoms. The standard InChI is InChI=1S/3O.Rb.V/q3*-2;+1;+5. The van der Waals surface area contributed by atoms with Gasteiger partial charge in [0.25, 0.3) is 0 Å². The van der Waals surface area contributed by atoms with Crippen LogP contribution >= 0.6 is 0 Å². The molecule has 0 atom stereocenters. The van der Waals surface area contributed by atoms with Gasteiger partial charge in [0.1, 0.15) is 0 Å². The molecule has 0 aromatic heterocycles. The first-order valence-corrected chi connectivity index (χ1v) is 0. The molecule has 0 aliphatic heterocycles. The van der Waals surface area contributed by atoms with Gasteiger partial charge in [-0.1, -0.05) is 0 Å². The summed E-state index contributed by atoms with van der Waals surface area (Å²) in [4.78, 5) is 0. The quantitative estimate of drug-likeness (QED) is 0.377. The smallest absolute Gasteiger partial charge is 2.00 e. The molecule has 0 unspecified atom stereocenters. The van der Waals surface area contributed by atoms with Gasteiger partial charge in [-0.25, -0.2) is 0 Å². The van der Waals surface area contributed by atoms with E-state index in [0.717, 1.165) is 0 Å². The molecule has 24 valence electrons. The second-order valence-corrected chi connectivity index (χ2v) is 0. The van der Waals surface area contributed by atoms with Gasteiger partial charge in [0.15, 0.2) is 0 Å². The predicted octanol–water partition coefficient (Wildman–Crippen LogP) is -3.35. The van der Waals surface area contributed by atoms with E-state index in [9.17, 15) is 0 Å². The van der Waals surface area contributed by atoms with Crippen LogP contribution in [0.1, 0.15) is 0 Å². The molecular weight excluding hydrogens is 184 g/mol. The van der Waals surface area contributed by atoms with Crippen LogP contribution in [0, 0.1) is 0 Å². The van der Waals surface area contributed by atoms with E-state index in [1.807, 2.05) is 0 Å². The van der Waals surface area contributed by atoms with Gasteiger partial charge in [0, 0.05) is 0 Å². The first-order valence-electron chi connectivity index (χ1n) is 0. The molecule has 0 rings (SSSR count). The van der Waals surface area contributed by atoms with Gasteiger partial charge in [0.05, 0.1) is 0 Å². The van der Waals surface area contributed by atoms with Crippen molar-refractivity contribution in [2.24, 2.45) is 0 Å². The summed E-state index contributed by atoms with van der Waals surface area (Å²) in [6.45, 7) is 0. The minimum atomic E-state index is 0. The third kappa shape index (κ3) is 22.2. The zero-order valence-electron chi connectivity index (χ0n) is 2.67. The Hall–Kier alpha value is 2.27. The predicted molar refractivity (Wildman–Crippen MR) is 2.06 cm³/mol. The number of hydrogen-bond donors (Lipinski definition) is 0. The minimum Gasteiger partial charge on any atom is -2.00 e. The van der Waals surface area contributed by atoms with Gasteiger partial charge < -0.3 is 16.4 Å². The van der Waals surface area contributed by atoms with Gasteiger partial charge in [-0.05, 0) is 0 Å². The van der Waals surface area contributed by atoms with E-state index in [-0.39, 0.29) is 93.2 Å². The van der Waals surface area contributed by atoms with Crippen LogP contribution in [-0.2, 0) is 35.0 Å². The van der Waals surface area contributed by atoms with Crippen molar-refractivity contribution in [1.82, 2.24) is 0 Å². The molecule has 3 nitrogen and oxygen atoms in total. The van der Waals surface area contributed by atoms with Crippen molar-refractivity contribution in [3.8, 4) is 0 Å². The maximum atomic E-state index is 0.